The molecular weight excluding hydrogens is 540 g/mol. The highest BCUT2D eigenvalue weighted by Crippen LogP contribution is 2.38. The van der Waals surface area contributed by atoms with Crippen LogP contribution in [0.25, 0.3) is 0 Å². The average molecular weight is 575 g/mol. The molecule has 1 aliphatic rings. The molecule has 2 N–H and O–H groups in total. The van der Waals surface area contributed by atoms with E-state index in [1.807, 2.05) is 68.7 Å². The van der Waals surface area contributed by atoms with E-state index in [4.69, 9.17) is 21.7 Å². The van der Waals surface area contributed by atoms with Crippen molar-refractivity contribution in [3.8, 4) is 0 Å². The second kappa shape index (κ2) is 13.6. The largest absolute Gasteiger partial charge is 0.481 e. The predicted molar refractivity (Wildman–Crippen MR) is 164 cm³/mol. The average Bonchev–Trinajstić information content (AvgIpc) is 3.27. The summed E-state index contributed by atoms with van der Waals surface area (Å²) in [5.41, 5.74) is 4.91. The van der Waals surface area contributed by atoms with Gasteiger partial charge in [-0.05, 0) is 99.1 Å². The Morgan fingerprint density at radius 1 is 0.976 bits per heavy atom. The Hall–Kier alpha value is -4.01. The van der Waals surface area contributed by atoms with Crippen LogP contribution < -0.4 is 10.2 Å². The maximum absolute atomic E-state index is 13.3. The third-order valence-corrected chi connectivity index (χ3v) is 7.31. The number of aliphatic imine (C=N–C) groups is 1. The van der Waals surface area contributed by atoms with Crippen LogP contribution in [0.5, 0.6) is 0 Å². The van der Waals surface area contributed by atoms with E-state index in [2.05, 4.69) is 10.2 Å². The summed E-state index contributed by atoms with van der Waals surface area (Å²) >= 11 is 6.18. The van der Waals surface area contributed by atoms with Crippen molar-refractivity contribution in [2.45, 2.75) is 38.0 Å². The fourth-order valence-electron chi connectivity index (χ4n) is 4.85. The van der Waals surface area contributed by atoms with Crippen molar-refractivity contribution in [2.75, 3.05) is 37.9 Å². The summed E-state index contributed by atoms with van der Waals surface area (Å²) in [7, 11) is 5.81. The Kier molecular flexibility index (Phi) is 9.91. The molecule has 0 spiro atoms. The van der Waals surface area contributed by atoms with E-state index in [0.717, 1.165) is 41.8 Å². The van der Waals surface area contributed by atoms with Gasteiger partial charge in [0.15, 0.2) is 0 Å². The number of carbonyl (C=O) groups is 3. The third-order valence-electron chi connectivity index (χ3n) is 7.08. The van der Waals surface area contributed by atoms with Crippen molar-refractivity contribution in [3.05, 3.63) is 88.4 Å². The molecule has 0 aromatic heterocycles. The van der Waals surface area contributed by atoms with E-state index in [1.165, 1.54) is 0 Å². The first kappa shape index (κ1) is 30.0. The number of halogens is 1. The summed E-state index contributed by atoms with van der Waals surface area (Å²) in [5, 5.41) is 12.6. The van der Waals surface area contributed by atoms with E-state index in [-0.39, 0.29) is 18.2 Å². The number of rotatable bonds is 12. The molecule has 1 unspecified atom stereocenters. The van der Waals surface area contributed by atoms with Crippen molar-refractivity contribution >= 4 is 52.2 Å². The summed E-state index contributed by atoms with van der Waals surface area (Å²) in [4.78, 5) is 45.8. The smallest absolute Gasteiger partial charge is 0.303 e. The van der Waals surface area contributed by atoms with Gasteiger partial charge in [0, 0.05) is 36.3 Å². The van der Waals surface area contributed by atoms with Crippen LogP contribution in [0.4, 0.5) is 17.1 Å². The molecule has 41 heavy (non-hydrogen) atoms. The number of carboxylic acid groups (broad SMARTS) is 1. The van der Waals surface area contributed by atoms with Crippen LogP contribution in [0.3, 0.4) is 0 Å². The van der Waals surface area contributed by atoms with Crippen LogP contribution in [-0.4, -0.2) is 61.2 Å². The molecular formula is C32H35ClN4O4. The topological polar surface area (TPSA) is 102 Å². The van der Waals surface area contributed by atoms with Gasteiger partial charge < -0.3 is 20.2 Å². The fourth-order valence-corrected chi connectivity index (χ4v) is 5.02. The number of benzene rings is 3. The number of fused-ring (bicyclic) bond motifs is 1. The molecule has 4 rings (SSSR count). The molecule has 1 aliphatic heterocycles. The second-order valence-electron chi connectivity index (χ2n) is 10.5. The Morgan fingerprint density at radius 2 is 1.73 bits per heavy atom. The van der Waals surface area contributed by atoms with E-state index in [1.54, 1.807) is 24.1 Å². The van der Waals surface area contributed by atoms with Crippen molar-refractivity contribution in [3.63, 3.8) is 0 Å². The standard InChI is InChI=1S/C32H35ClN4O4/c1-36(2)18-5-4-9-28(38)37(3)25-14-12-24(13-15-25)34-31(22-8-6-7-21(19-22)10-17-29(39)40)30-26-16-11-23(33)20-27(26)35-32(30)41/h6-8,11-16,19-20,30H,4-5,9-10,17-18H2,1-3H3,(H,35,41)(H,39,40). The summed E-state index contributed by atoms with van der Waals surface area (Å²) in [5.74, 6) is -1.71. The van der Waals surface area contributed by atoms with Crippen molar-refractivity contribution in [1.29, 1.82) is 0 Å². The third kappa shape index (κ3) is 7.80. The lowest BCUT2D eigenvalue weighted by molar-refractivity contribution is -0.137. The number of carboxylic acids is 1. The molecule has 1 atom stereocenters. The maximum atomic E-state index is 13.3. The summed E-state index contributed by atoms with van der Waals surface area (Å²) in [6.07, 6.45) is 2.64. The van der Waals surface area contributed by atoms with Crippen LogP contribution in [0.15, 0.2) is 71.7 Å². The molecule has 3 aromatic carbocycles. The number of nitrogens with one attached hydrogen (secondary N) is 1. The molecule has 0 bridgehead atoms. The normalized spacial score (nSPS) is 14.6. The Bertz CT molecular complexity index is 1450. The molecule has 0 saturated carbocycles. The number of nitrogens with zero attached hydrogens (tertiary/aromatic N) is 3. The molecule has 0 aliphatic carbocycles. The van der Waals surface area contributed by atoms with Crippen LogP contribution in [0.1, 0.15) is 48.3 Å². The Balaban J connectivity index is 1.64. The zero-order valence-electron chi connectivity index (χ0n) is 23.6. The molecule has 2 amide bonds. The minimum Gasteiger partial charge on any atom is -0.481 e. The quantitative estimate of drug-likeness (QED) is 0.207. The molecule has 0 radical (unpaired) electrons. The summed E-state index contributed by atoms with van der Waals surface area (Å²) in [6.45, 7) is 0.949. The van der Waals surface area contributed by atoms with Crippen LogP contribution >= 0.6 is 11.6 Å². The number of amides is 2. The van der Waals surface area contributed by atoms with E-state index >= 15 is 0 Å². The minimum absolute atomic E-state index is 0.00449. The fraction of sp³-hybridized carbons (Fsp3) is 0.312. The van der Waals surface area contributed by atoms with E-state index in [9.17, 15) is 14.4 Å². The molecule has 214 valence electrons. The van der Waals surface area contributed by atoms with Gasteiger partial charge in [0.2, 0.25) is 11.8 Å². The van der Waals surface area contributed by atoms with Gasteiger partial charge in [0.05, 0.1) is 11.4 Å². The maximum Gasteiger partial charge on any atom is 0.303 e. The molecule has 1 heterocycles. The van der Waals surface area contributed by atoms with E-state index in [0.29, 0.717) is 35.0 Å². The van der Waals surface area contributed by atoms with Crippen LogP contribution in [0, 0.1) is 0 Å². The van der Waals surface area contributed by atoms with Gasteiger partial charge in [0.25, 0.3) is 0 Å². The van der Waals surface area contributed by atoms with Gasteiger partial charge in [-0.1, -0.05) is 35.9 Å². The monoisotopic (exact) mass is 574 g/mol. The summed E-state index contributed by atoms with van der Waals surface area (Å²) in [6, 6.07) is 20.1. The van der Waals surface area contributed by atoms with Crippen LogP contribution in [0.2, 0.25) is 5.02 Å². The SMILES string of the molecule is CN(C)CCCCC(=O)N(C)c1ccc(N=C(c2cccc(CCC(=O)O)c2)C2C(=O)Nc3cc(Cl)ccc32)cc1. The number of carbonyl (C=O) groups excluding carboxylic acids is 2. The highest BCUT2D eigenvalue weighted by Gasteiger charge is 2.35. The second-order valence-corrected chi connectivity index (χ2v) is 10.9. The van der Waals surface area contributed by atoms with Gasteiger partial charge in [-0.2, -0.15) is 0 Å². The number of aryl methyl sites for hydroxylation is 1. The molecule has 0 saturated heterocycles. The lowest BCUT2D eigenvalue weighted by Gasteiger charge is -2.18. The van der Waals surface area contributed by atoms with Gasteiger partial charge >= 0.3 is 5.97 Å². The highest BCUT2D eigenvalue weighted by atomic mass is 35.5. The van der Waals surface area contributed by atoms with Gasteiger partial charge in [0.1, 0.15) is 5.92 Å². The molecule has 3 aromatic rings. The molecule has 9 heteroatoms. The lowest BCUT2D eigenvalue weighted by atomic mass is 9.89. The Labute approximate surface area is 245 Å². The first-order valence-corrected chi connectivity index (χ1v) is 14.0. The van der Waals surface area contributed by atoms with Gasteiger partial charge in [-0.25, -0.2) is 0 Å². The lowest BCUT2D eigenvalue weighted by Crippen LogP contribution is -2.26. The number of hydrogen-bond acceptors (Lipinski definition) is 5. The first-order valence-electron chi connectivity index (χ1n) is 13.6. The minimum atomic E-state index is -0.873. The molecule has 8 nitrogen and oxygen atoms in total. The molecule has 0 fully saturated rings. The zero-order chi connectivity index (χ0) is 29.5. The summed E-state index contributed by atoms with van der Waals surface area (Å²) < 4.78 is 0. The highest BCUT2D eigenvalue weighted by molar-refractivity contribution is 6.31. The number of hydrogen-bond donors (Lipinski definition) is 2. The zero-order valence-corrected chi connectivity index (χ0v) is 24.3. The Morgan fingerprint density at radius 3 is 2.44 bits per heavy atom. The first-order chi connectivity index (χ1) is 19.6. The van der Waals surface area contributed by atoms with E-state index < -0.39 is 11.9 Å². The predicted octanol–water partition coefficient (Wildman–Crippen LogP) is 5.91. The van der Waals surface area contributed by atoms with Crippen molar-refractivity contribution in [1.82, 2.24) is 4.90 Å². The van der Waals surface area contributed by atoms with Crippen molar-refractivity contribution < 1.29 is 19.5 Å². The van der Waals surface area contributed by atoms with Crippen molar-refractivity contribution in [2.24, 2.45) is 4.99 Å². The number of anilines is 2. The number of unbranched alkanes of at least 4 members (excludes halogenated alkanes) is 1. The van der Waals surface area contributed by atoms with Crippen LogP contribution in [-0.2, 0) is 20.8 Å². The van der Waals surface area contributed by atoms with Gasteiger partial charge in [-0.3, -0.25) is 19.4 Å². The number of aliphatic carboxylic acids is 1. The van der Waals surface area contributed by atoms with Gasteiger partial charge in [-0.15, -0.1) is 0 Å².